The van der Waals surface area contributed by atoms with Crippen LogP contribution in [-0.2, 0) is 11.2 Å². The third-order valence-electron chi connectivity index (χ3n) is 3.89. The smallest absolute Gasteiger partial charge is 0.248 e. The van der Waals surface area contributed by atoms with E-state index in [1.54, 1.807) is 6.33 Å². The van der Waals surface area contributed by atoms with E-state index in [0.717, 1.165) is 5.69 Å². The van der Waals surface area contributed by atoms with Gasteiger partial charge in [0, 0.05) is 12.1 Å². The molecule has 0 fully saturated rings. The minimum Gasteiger partial charge on any atom is -0.345 e. The summed E-state index contributed by atoms with van der Waals surface area (Å²) < 4.78 is 7.20. The van der Waals surface area contributed by atoms with Gasteiger partial charge in [0.1, 0.15) is 18.2 Å². The van der Waals surface area contributed by atoms with Crippen LogP contribution in [0.3, 0.4) is 0 Å². The van der Waals surface area contributed by atoms with Gasteiger partial charge >= 0.3 is 0 Å². The van der Waals surface area contributed by atoms with Crippen molar-refractivity contribution in [3.8, 4) is 5.69 Å². The predicted octanol–water partition coefficient (Wildman–Crippen LogP) is 2.85. The first kappa shape index (κ1) is 18.8. The molecule has 1 N–H and O–H groups in total. The third kappa shape index (κ3) is 4.99. The fourth-order valence-electron chi connectivity index (χ4n) is 2.68. The second kappa shape index (κ2) is 7.69. The van der Waals surface area contributed by atoms with Gasteiger partial charge in [-0.2, -0.15) is 4.98 Å². The van der Waals surface area contributed by atoms with E-state index in [1.807, 2.05) is 62.6 Å². The van der Waals surface area contributed by atoms with Gasteiger partial charge in [0.15, 0.2) is 5.82 Å². The second-order valence-electron chi connectivity index (χ2n) is 7.70. The lowest BCUT2D eigenvalue weighted by Crippen LogP contribution is -2.30. The molecule has 0 aliphatic rings. The Hall–Kier alpha value is -3.03. The van der Waals surface area contributed by atoms with Crippen LogP contribution in [0.1, 0.15) is 57.7 Å². The number of amides is 1. The highest BCUT2D eigenvalue weighted by atomic mass is 16.5. The Morgan fingerprint density at radius 1 is 1.26 bits per heavy atom. The number of para-hydroxylation sites is 1. The minimum atomic E-state index is -0.354. The first-order chi connectivity index (χ1) is 12.8. The molecule has 3 aromatic rings. The zero-order valence-corrected chi connectivity index (χ0v) is 16.0. The summed E-state index contributed by atoms with van der Waals surface area (Å²) in [5, 5.41) is 15.0. The van der Waals surface area contributed by atoms with E-state index in [-0.39, 0.29) is 17.4 Å². The SMILES string of the molecule is CC(NC(=O)CC(C)(C)C)c1nc(Cc2nncn2-c2ccccc2)no1. The molecule has 1 unspecified atom stereocenters. The summed E-state index contributed by atoms with van der Waals surface area (Å²) in [6.45, 7) is 7.88. The molecule has 0 radical (unpaired) electrons. The molecule has 8 heteroatoms. The van der Waals surface area contributed by atoms with Crippen LogP contribution >= 0.6 is 0 Å². The summed E-state index contributed by atoms with van der Waals surface area (Å²) in [6, 6.07) is 9.45. The van der Waals surface area contributed by atoms with Crippen LogP contribution in [0.5, 0.6) is 0 Å². The molecule has 0 bridgehead atoms. The van der Waals surface area contributed by atoms with Crippen molar-refractivity contribution >= 4 is 5.91 Å². The zero-order chi connectivity index (χ0) is 19.4. The van der Waals surface area contributed by atoms with Crippen molar-refractivity contribution in [2.24, 2.45) is 5.41 Å². The van der Waals surface area contributed by atoms with Crippen molar-refractivity contribution in [3.63, 3.8) is 0 Å². The van der Waals surface area contributed by atoms with E-state index >= 15 is 0 Å². The lowest BCUT2D eigenvalue weighted by atomic mass is 9.92. The van der Waals surface area contributed by atoms with E-state index in [1.165, 1.54) is 0 Å². The van der Waals surface area contributed by atoms with Gasteiger partial charge in [-0.25, -0.2) is 0 Å². The third-order valence-corrected chi connectivity index (χ3v) is 3.89. The topological polar surface area (TPSA) is 98.7 Å². The number of nitrogens with zero attached hydrogens (tertiary/aromatic N) is 5. The molecule has 142 valence electrons. The highest BCUT2D eigenvalue weighted by Gasteiger charge is 2.21. The number of nitrogens with one attached hydrogen (secondary N) is 1. The molecule has 27 heavy (non-hydrogen) atoms. The number of hydrogen-bond acceptors (Lipinski definition) is 6. The van der Waals surface area contributed by atoms with Crippen LogP contribution in [-0.4, -0.2) is 30.8 Å². The van der Waals surface area contributed by atoms with Gasteiger partial charge in [-0.1, -0.05) is 44.1 Å². The van der Waals surface area contributed by atoms with Gasteiger partial charge in [0.05, 0.1) is 6.42 Å². The fraction of sp³-hybridized carbons (Fsp3) is 0.421. The standard InChI is InChI=1S/C19H24N6O2/c1-13(21-17(26)11-19(2,3)4)18-22-15(24-27-18)10-16-23-20-12-25(16)14-8-6-5-7-9-14/h5-9,12-13H,10-11H2,1-4H3,(H,21,26). The van der Waals surface area contributed by atoms with Gasteiger partial charge in [-0.05, 0) is 24.5 Å². The monoisotopic (exact) mass is 368 g/mol. The van der Waals surface area contributed by atoms with Crippen molar-refractivity contribution in [1.29, 1.82) is 0 Å². The van der Waals surface area contributed by atoms with E-state index in [2.05, 4.69) is 25.7 Å². The summed E-state index contributed by atoms with van der Waals surface area (Å²) >= 11 is 0. The van der Waals surface area contributed by atoms with Crippen molar-refractivity contribution < 1.29 is 9.32 Å². The largest absolute Gasteiger partial charge is 0.345 e. The van der Waals surface area contributed by atoms with Crippen LogP contribution < -0.4 is 5.32 Å². The molecular formula is C19H24N6O2. The van der Waals surface area contributed by atoms with Crippen molar-refractivity contribution in [2.75, 3.05) is 0 Å². The predicted molar refractivity (Wildman–Crippen MR) is 99.1 cm³/mol. The Bertz CT molecular complexity index is 894. The van der Waals surface area contributed by atoms with Crippen molar-refractivity contribution in [2.45, 2.75) is 46.6 Å². The van der Waals surface area contributed by atoms with E-state index in [9.17, 15) is 4.79 Å². The molecule has 0 saturated carbocycles. The average Bonchev–Trinajstić information content (AvgIpc) is 3.24. The molecule has 0 spiro atoms. The van der Waals surface area contributed by atoms with Gasteiger partial charge in [0.2, 0.25) is 11.8 Å². The number of carbonyl (C=O) groups excluding carboxylic acids is 1. The quantitative estimate of drug-likeness (QED) is 0.718. The molecule has 3 rings (SSSR count). The second-order valence-corrected chi connectivity index (χ2v) is 7.70. The van der Waals surface area contributed by atoms with Crippen LogP contribution in [0.4, 0.5) is 0 Å². The van der Waals surface area contributed by atoms with Crippen molar-refractivity contribution in [1.82, 2.24) is 30.2 Å². The molecule has 2 aromatic heterocycles. The molecule has 1 aromatic carbocycles. The minimum absolute atomic E-state index is 0.0430. The molecule has 1 amide bonds. The maximum Gasteiger partial charge on any atom is 0.248 e. The van der Waals surface area contributed by atoms with Crippen LogP contribution in [0.2, 0.25) is 0 Å². The Balaban J connectivity index is 1.67. The molecule has 8 nitrogen and oxygen atoms in total. The molecule has 0 aliphatic carbocycles. The normalized spacial score (nSPS) is 12.7. The highest BCUT2D eigenvalue weighted by Crippen LogP contribution is 2.19. The summed E-state index contributed by atoms with van der Waals surface area (Å²) in [7, 11) is 0. The van der Waals surface area contributed by atoms with Gasteiger partial charge < -0.3 is 9.84 Å². The average molecular weight is 368 g/mol. The highest BCUT2D eigenvalue weighted by molar-refractivity contribution is 5.76. The maximum atomic E-state index is 12.1. The maximum absolute atomic E-state index is 12.1. The summed E-state index contributed by atoms with van der Waals surface area (Å²) in [6.07, 6.45) is 2.46. The number of benzene rings is 1. The number of hydrogen-bond donors (Lipinski definition) is 1. The van der Waals surface area contributed by atoms with Crippen LogP contribution in [0.15, 0.2) is 41.2 Å². The Kier molecular flexibility index (Phi) is 5.34. The molecule has 0 saturated heterocycles. The summed E-state index contributed by atoms with van der Waals surface area (Å²) in [5.74, 6) is 1.53. The van der Waals surface area contributed by atoms with E-state index in [4.69, 9.17) is 4.52 Å². The van der Waals surface area contributed by atoms with Crippen LogP contribution in [0.25, 0.3) is 5.69 Å². The first-order valence-electron chi connectivity index (χ1n) is 8.88. The molecule has 1 atom stereocenters. The van der Waals surface area contributed by atoms with Gasteiger partial charge in [-0.3, -0.25) is 9.36 Å². The lowest BCUT2D eigenvalue weighted by molar-refractivity contribution is -0.123. The molecule has 0 aliphatic heterocycles. The number of carbonyl (C=O) groups is 1. The zero-order valence-electron chi connectivity index (χ0n) is 16.0. The molecular weight excluding hydrogens is 344 g/mol. The number of aromatic nitrogens is 5. The summed E-state index contributed by atoms with van der Waals surface area (Å²) in [4.78, 5) is 16.5. The van der Waals surface area contributed by atoms with Gasteiger partial charge in [-0.15, -0.1) is 10.2 Å². The lowest BCUT2D eigenvalue weighted by Gasteiger charge is -2.18. The van der Waals surface area contributed by atoms with Gasteiger partial charge in [0.25, 0.3) is 0 Å². The first-order valence-corrected chi connectivity index (χ1v) is 8.88. The van der Waals surface area contributed by atoms with E-state index < -0.39 is 0 Å². The Labute approximate surface area is 158 Å². The van der Waals surface area contributed by atoms with Crippen molar-refractivity contribution in [3.05, 3.63) is 54.2 Å². The fourth-order valence-corrected chi connectivity index (χ4v) is 2.68. The van der Waals surface area contributed by atoms with E-state index in [0.29, 0.717) is 30.4 Å². The summed E-state index contributed by atoms with van der Waals surface area (Å²) in [5.41, 5.74) is 0.884. The number of rotatable bonds is 6. The Morgan fingerprint density at radius 3 is 2.70 bits per heavy atom. The van der Waals surface area contributed by atoms with Crippen LogP contribution in [0, 0.1) is 5.41 Å². The Morgan fingerprint density at radius 2 is 2.00 bits per heavy atom. The molecule has 2 heterocycles.